The molecule has 94 valence electrons. The summed E-state index contributed by atoms with van der Waals surface area (Å²) >= 11 is 0. The van der Waals surface area contributed by atoms with Crippen LogP contribution in [-0.4, -0.2) is 24.6 Å². The molecule has 0 spiro atoms. The maximum Gasteiger partial charge on any atom is 0.287 e. The largest absolute Gasteiger partial charge is 0.508 e. The minimum atomic E-state index is -0.485. The third-order valence-electron chi connectivity index (χ3n) is 2.65. The summed E-state index contributed by atoms with van der Waals surface area (Å²) in [4.78, 5) is 14.5. The Hall–Kier alpha value is -2.96. The molecule has 0 atom stereocenters. The Morgan fingerprint density at radius 2 is 1.89 bits per heavy atom. The molecule has 7 nitrogen and oxygen atoms in total. The fourth-order valence-electron chi connectivity index (χ4n) is 1.71. The van der Waals surface area contributed by atoms with Gasteiger partial charge in [-0.15, -0.1) is 5.10 Å². The Kier molecular flexibility index (Phi) is 2.38. The number of phenolic OH excluding ortho intramolecular Hbond substituents is 1. The van der Waals surface area contributed by atoms with E-state index in [0.717, 1.165) is 5.56 Å². The van der Waals surface area contributed by atoms with Crippen molar-refractivity contribution in [3.8, 4) is 17.1 Å². The van der Waals surface area contributed by atoms with Crippen molar-refractivity contribution in [2.75, 3.05) is 0 Å². The second-order valence-corrected chi connectivity index (χ2v) is 3.93. The molecule has 0 amide bonds. The van der Waals surface area contributed by atoms with Gasteiger partial charge in [0.15, 0.2) is 11.5 Å². The van der Waals surface area contributed by atoms with Crippen molar-refractivity contribution < 1.29 is 10.0 Å². The molecule has 0 unspecified atom stereocenters. The van der Waals surface area contributed by atoms with E-state index in [9.17, 15) is 15.2 Å². The molecular weight excluding hydrogens is 248 g/mol. The van der Waals surface area contributed by atoms with Crippen molar-refractivity contribution in [3.63, 3.8) is 0 Å². The van der Waals surface area contributed by atoms with Gasteiger partial charge in [0.05, 0.1) is 4.92 Å². The summed E-state index contributed by atoms with van der Waals surface area (Å²) in [6.45, 7) is 0. The van der Waals surface area contributed by atoms with Gasteiger partial charge in [-0.1, -0.05) is 0 Å². The standard InChI is InChI=1S/C12H8N4O3/c17-10-4-1-8(2-5-10)12-13-11-6-3-9(16(18)19)7-15(11)14-12/h1-7,17H. The number of aromatic nitrogens is 3. The van der Waals surface area contributed by atoms with Crippen LogP contribution in [0.5, 0.6) is 5.75 Å². The molecule has 0 saturated heterocycles. The minimum absolute atomic E-state index is 0.0466. The van der Waals surface area contributed by atoms with Crippen LogP contribution in [0.15, 0.2) is 42.6 Å². The minimum Gasteiger partial charge on any atom is -0.508 e. The summed E-state index contributed by atoms with van der Waals surface area (Å²) in [5, 5.41) is 24.1. The molecule has 1 aromatic carbocycles. The average Bonchev–Trinajstić information content (AvgIpc) is 2.82. The zero-order valence-electron chi connectivity index (χ0n) is 9.59. The Bertz CT molecular complexity index is 764. The van der Waals surface area contributed by atoms with Gasteiger partial charge in [-0.2, -0.15) is 0 Å². The van der Waals surface area contributed by atoms with Crippen LogP contribution in [0.3, 0.4) is 0 Å². The number of hydrogen-bond donors (Lipinski definition) is 1. The Balaban J connectivity index is 2.11. The van der Waals surface area contributed by atoms with Gasteiger partial charge in [-0.25, -0.2) is 9.50 Å². The van der Waals surface area contributed by atoms with Crippen LogP contribution in [0.1, 0.15) is 0 Å². The normalized spacial score (nSPS) is 10.7. The molecule has 7 heteroatoms. The van der Waals surface area contributed by atoms with Crippen molar-refractivity contribution in [3.05, 3.63) is 52.7 Å². The first-order chi connectivity index (χ1) is 9.13. The smallest absolute Gasteiger partial charge is 0.287 e. The third-order valence-corrected chi connectivity index (χ3v) is 2.65. The Labute approximate surface area is 106 Å². The number of benzene rings is 1. The van der Waals surface area contributed by atoms with Crippen LogP contribution in [0.2, 0.25) is 0 Å². The lowest BCUT2D eigenvalue weighted by Crippen LogP contribution is -1.92. The molecular formula is C12H8N4O3. The summed E-state index contributed by atoms with van der Waals surface area (Å²) in [6.07, 6.45) is 1.31. The zero-order valence-corrected chi connectivity index (χ0v) is 9.59. The Morgan fingerprint density at radius 3 is 2.58 bits per heavy atom. The molecule has 0 radical (unpaired) electrons. The molecule has 0 aliphatic rings. The van der Waals surface area contributed by atoms with E-state index in [1.807, 2.05) is 0 Å². The monoisotopic (exact) mass is 256 g/mol. The number of nitrogens with zero attached hydrogens (tertiary/aromatic N) is 4. The van der Waals surface area contributed by atoms with E-state index >= 15 is 0 Å². The topological polar surface area (TPSA) is 93.6 Å². The molecule has 0 bridgehead atoms. The Morgan fingerprint density at radius 1 is 1.16 bits per heavy atom. The van der Waals surface area contributed by atoms with Gasteiger partial charge < -0.3 is 5.11 Å². The van der Waals surface area contributed by atoms with Gasteiger partial charge >= 0.3 is 0 Å². The molecule has 2 heterocycles. The number of rotatable bonds is 2. The van der Waals surface area contributed by atoms with Gasteiger partial charge in [0, 0.05) is 11.6 Å². The molecule has 0 saturated carbocycles. The lowest BCUT2D eigenvalue weighted by Gasteiger charge is -1.94. The number of hydrogen-bond acceptors (Lipinski definition) is 5. The lowest BCUT2D eigenvalue weighted by atomic mass is 10.2. The number of fused-ring (bicyclic) bond motifs is 1. The number of pyridine rings is 1. The fraction of sp³-hybridized carbons (Fsp3) is 0. The van der Waals surface area contributed by atoms with Gasteiger partial charge in [0.1, 0.15) is 11.9 Å². The average molecular weight is 256 g/mol. The van der Waals surface area contributed by atoms with Gasteiger partial charge in [0.25, 0.3) is 5.69 Å². The van der Waals surface area contributed by atoms with Crippen molar-refractivity contribution in [1.29, 1.82) is 0 Å². The van der Waals surface area contributed by atoms with Gasteiger partial charge in [-0.05, 0) is 30.3 Å². The number of aromatic hydroxyl groups is 1. The van der Waals surface area contributed by atoms with Gasteiger partial charge in [0.2, 0.25) is 0 Å². The maximum absolute atomic E-state index is 10.7. The summed E-state index contributed by atoms with van der Waals surface area (Å²) in [5.74, 6) is 0.601. The summed E-state index contributed by atoms with van der Waals surface area (Å²) in [7, 11) is 0. The molecule has 3 aromatic rings. The highest BCUT2D eigenvalue weighted by Crippen LogP contribution is 2.20. The van der Waals surface area contributed by atoms with E-state index < -0.39 is 4.92 Å². The maximum atomic E-state index is 10.7. The molecule has 0 aliphatic carbocycles. The number of nitro groups is 1. The van der Waals surface area contributed by atoms with Crippen molar-refractivity contribution in [2.24, 2.45) is 0 Å². The van der Waals surface area contributed by atoms with E-state index in [0.29, 0.717) is 11.5 Å². The molecule has 0 aliphatic heterocycles. The van der Waals surface area contributed by atoms with Crippen LogP contribution < -0.4 is 0 Å². The second kappa shape index (κ2) is 4.05. The third kappa shape index (κ3) is 1.97. The molecule has 3 rings (SSSR count). The molecule has 1 N–H and O–H groups in total. The number of phenols is 1. The van der Waals surface area contributed by atoms with Crippen LogP contribution in [0.4, 0.5) is 5.69 Å². The highest BCUT2D eigenvalue weighted by atomic mass is 16.6. The van der Waals surface area contributed by atoms with Crippen molar-refractivity contribution in [1.82, 2.24) is 14.6 Å². The zero-order chi connectivity index (χ0) is 13.4. The summed E-state index contributed by atoms with van der Waals surface area (Å²) in [6, 6.07) is 9.34. The SMILES string of the molecule is O=[N+]([O-])c1ccc2nc(-c3ccc(O)cc3)nn2c1. The summed E-state index contributed by atoms with van der Waals surface area (Å²) < 4.78 is 1.36. The first kappa shape index (κ1) is 11.1. The molecule has 0 fully saturated rings. The quantitative estimate of drug-likeness (QED) is 0.559. The van der Waals surface area contributed by atoms with Crippen molar-refractivity contribution >= 4 is 11.3 Å². The predicted octanol–water partition coefficient (Wildman–Crippen LogP) is 2.01. The predicted molar refractivity (Wildman–Crippen MR) is 66.7 cm³/mol. The van der Waals surface area contributed by atoms with Gasteiger partial charge in [-0.3, -0.25) is 10.1 Å². The van der Waals surface area contributed by atoms with Crippen LogP contribution in [-0.2, 0) is 0 Å². The highest BCUT2D eigenvalue weighted by Gasteiger charge is 2.10. The molecule has 19 heavy (non-hydrogen) atoms. The van der Waals surface area contributed by atoms with Crippen LogP contribution in [0, 0.1) is 10.1 Å². The highest BCUT2D eigenvalue weighted by molar-refractivity contribution is 5.59. The fourth-order valence-corrected chi connectivity index (χ4v) is 1.71. The lowest BCUT2D eigenvalue weighted by molar-refractivity contribution is -0.385. The van der Waals surface area contributed by atoms with E-state index in [-0.39, 0.29) is 11.4 Å². The summed E-state index contributed by atoms with van der Waals surface area (Å²) in [5.41, 5.74) is 1.20. The first-order valence-corrected chi connectivity index (χ1v) is 5.44. The van der Waals surface area contributed by atoms with E-state index in [1.54, 1.807) is 12.1 Å². The van der Waals surface area contributed by atoms with Crippen molar-refractivity contribution in [2.45, 2.75) is 0 Å². The van der Waals surface area contributed by atoms with E-state index in [1.165, 1.54) is 35.0 Å². The first-order valence-electron chi connectivity index (χ1n) is 5.44. The van der Waals surface area contributed by atoms with E-state index in [4.69, 9.17) is 0 Å². The van der Waals surface area contributed by atoms with Crippen LogP contribution >= 0.6 is 0 Å². The molecule has 2 aromatic heterocycles. The second-order valence-electron chi connectivity index (χ2n) is 3.93. The van der Waals surface area contributed by atoms with Crippen LogP contribution in [0.25, 0.3) is 17.0 Å². The van der Waals surface area contributed by atoms with E-state index in [2.05, 4.69) is 10.1 Å².